The summed E-state index contributed by atoms with van der Waals surface area (Å²) in [7, 11) is 0. The van der Waals surface area contributed by atoms with Gasteiger partial charge in [0.25, 0.3) is 0 Å². The van der Waals surface area contributed by atoms with Crippen LogP contribution in [-0.4, -0.2) is 22.9 Å². The Hall–Kier alpha value is -3.54. The molecule has 1 amide bonds. The highest BCUT2D eigenvalue weighted by atomic mass is 16.7. The first-order valence-electron chi connectivity index (χ1n) is 7.76. The highest BCUT2D eigenvalue weighted by Crippen LogP contribution is 2.32. The molecule has 124 valence electrons. The Bertz CT molecular complexity index is 933. The molecule has 2 heterocycles. The van der Waals surface area contributed by atoms with Crippen molar-refractivity contribution in [1.29, 1.82) is 0 Å². The SMILES string of the molecule is O=C(/C=C/c1ccc2c(c1)OCO2)Nc1cccc(-c2ccn[nH]2)c1. The number of nitrogens with one attached hydrogen (secondary N) is 2. The first kappa shape index (κ1) is 15.0. The largest absolute Gasteiger partial charge is 0.454 e. The van der Waals surface area contributed by atoms with E-state index in [9.17, 15) is 4.79 Å². The molecule has 0 fully saturated rings. The minimum absolute atomic E-state index is 0.209. The Labute approximate surface area is 144 Å². The maximum atomic E-state index is 12.1. The van der Waals surface area contributed by atoms with Gasteiger partial charge in [0.2, 0.25) is 12.7 Å². The fraction of sp³-hybridized carbons (Fsp3) is 0.0526. The van der Waals surface area contributed by atoms with Crippen molar-refractivity contribution in [2.75, 3.05) is 12.1 Å². The monoisotopic (exact) mass is 333 g/mol. The molecule has 0 spiro atoms. The summed E-state index contributed by atoms with van der Waals surface area (Å²) in [6.45, 7) is 0.232. The van der Waals surface area contributed by atoms with Crippen LogP contribution >= 0.6 is 0 Å². The zero-order chi connectivity index (χ0) is 17.1. The summed E-state index contributed by atoms with van der Waals surface area (Å²) in [5.74, 6) is 1.20. The maximum Gasteiger partial charge on any atom is 0.248 e. The third-order valence-corrected chi connectivity index (χ3v) is 3.77. The lowest BCUT2D eigenvalue weighted by atomic mass is 10.1. The Morgan fingerprint density at radius 2 is 2.04 bits per heavy atom. The van der Waals surface area contributed by atoms with Crippen LogP contribution in [0.25, 0.3) is 17.3 Å². The quantitative estimate of drug-likeness (QED) is 0.717. The molecule has 3 aromatic rings. The molecular formula is C19H15N3O3. The highest BCUT2D eigenvalue weighted by molar-refractivity contribution is 6.02. The van der Waals surface area contributed by atoms with E-state index >= 15 is 0 Å². The molecule has 0 aliphatic carbocycles. The molecule has 1 aliphatic heterocycles. The molecule has 6 heteroatoms. The molecular weight excluding hydrogens is 318 g/mol. The van der Waals surface area contributed by atoms with Gasteiger partial charge in [0.15, 0.2) is 11.5 Å². The summed E-state index contributed by atoms with van der Waals surface area (Å²) in [4.78, 5) is 12.1. The van der Waals surface area contributed by atoms with Crippen molar-refractivity contribution in [1.82, 2.24) is 10.2 Å². The number of nitrogens with zero attached hydrogens (tertiary/aromatic N) is 1. The number of benzene rings is 2. The summed E-state index contributed by atoms with van der Waals surface area (Å²) in [6, 6.07) is 15.0. The molecule has 0 bridgehead atoms. The van der Waals surface area contributed by atoms with Crippen LogP contribution in [0.1, 0.15) is 5.56 Å². The van der Waals surface area contributed by atoms with Gasteiger partial charge in [-0.1, -0.05) is 18.2 Å². The highest BCUT2D eigenvalue weighted by Gasteiger charge is 2.12. The van der Waals surface area contributed by atoms with Crippen molar-refractivity contribution in [2.45, 2.75) is 0 Å². The van der Waals surface area contributed by atoms with Gasteiger partial charge in [0.1, 0.15) is 0 Å². The number of hydrogen-bond acceptors (Lipinski definition) is 4. The summed E-state index contributed by atoms with van der Waals surface area (Å²) < 4.78 is 10.6. The molecule has 1 aromatic heterocycles. The molecule has 0 saturated carbocycles. The van der Waals surface area contributed by atoms with E-state index in [2.05, 4.69) is 15.5 Å². The van der Waals surface area contributed by atoms with Crippen molar-refractivity contribution in [3.05, 3.63) is 66.4 Å². The van der Waals surface area contributed by atoms with E-state index in [1.165, 1.54) is 6.08 Å². The normalized spacial score (nSPS) is 12.5. The summed E-state index contributed by atoms with van der Waals surface area (Å²) in [6.07, 6.45) is 4.91. The van der Waals surface area contributed by atoms with Crippen LogP contribution in [0, 0.1) is 0 Å². The van der Waals surface area contributed by atoms with Crippen LogP contribution in [0.4, 0.5) is 5.69 Å². The number of ether oxygens (including phenoxy) is 2. The fourth-order valence-corrected chi connectivity index (χ4v) is 2.55. The van der Waals surface area contributed by atoms with Crippen LogP contribution in [0.2, 0.25) is 0 Å². The first-order valence-corrected chi connectivity index (χ1v) is 7.76. The molecule has 6 nitrogen and oxygen atoms in total. The van der Waals surface area contributed by atoms with Gasteiger partial charge in [0, 0.05) is 23.5 Å². The van der Waals surface area contributed by atoms with Gasteiger partial charge >= 0.3 is 0 Å². The molecule has 0 radical (unpaired) electrons. The van der Waals surface area contributed by atoms with E-state index in [4.69, 9.17) is 9.47 Å². The number of carbonyl (C=O) groups excluding carboxylic acids is 1. The number of aromatic amines is 1. The van der Waals surface area contributed by atoms with E-state index in [1.807, 2.05) is 48.5 Å². The third-order valence-electron chi connectivity index (χ3n) is 3.77. The Balaban J connectivity index is 1.44. The minimum Gasteiger partial charge on any atom is -0.454 e. The van der Waals surface area contributed by atoms with Gasteiger partial charge in [-0.25, -0.2) is 0 Å². The Morgan fingerprint density at radius 3 is 2.92 bits per heavy atom. The molecule has 1 aliphatic rings. The number of hydrogen-bond donors (Lipinski definition) is 2. The first-order chi connectivity index (χ1) is 12.3. The summed E-state index contributed by atoms with van der Waals surface area (Å²) in [5, 5.41) is 9.69. The number of anilines is 1. The standard InChI is InChI=1S/C19H15N3O3/c23-19(7-5-13-4-6-17-18(10-13)25-12-24-17)21-15-3-1-2-14(11-15)16-8-9-20-22-16/h1-11H,12H2,(H,20,22)(H,21,23)/b7-5+. The van der Waals surface area contributed by atoms with E-state index in [-0.39, 0.29) is 12.7 Å². The topological polar surface area (TPSA) is 76.2 Å². The lowest BCUT2D eigenvalue weighted by Crippen LogP contribution is -2.07. The molecule has 4 rings (SSSR count). The van der Waals surface area contributed by atoms with Gasteiger partial charge in [-0.15, -0.1) is 0 Å². The van der Waals surface area contributed by atoms with Gasteiger partial charge in [0.05, 0.1) is 5.69 Å². The second-order valence-electron chi connectivity index (χ2n) is 5.49. The minimum atomic E-state index is -0.209. The predicted octanol–water partition coefficient (Wildman–Crippen LogP) is 3.46. The zero-order valence-corrected chi connectivity index (χ0v) is 13.2. The molecule has 0 saturated heterocycles. The van der Waals surface area contributed by atoms with Crippen molar-refractivity contribution < 1.29 is 14.3 Å². The van der Waals surface area contributed by atoms with Gasteiger partial charge in [-0.3, -0.25) is 9.89 Å². The van der Waals surface area contributed by atoms with Gasteiger partial charge in [-0.05, 0) is 42.0 Å². The van der Waals surface area contributed by atoms with E-state index in [0.29, 0.717) is 11.4 Å². The Morgan fingerprint density at radius 1 is 1.12 bits per heavy atom. The second kappa shape index (κ2) is 6.52. The zero-order valence-electron chi connectivity index (χ0n) is 13.2. The van der Waals surface area contributed by atoms with Gasteiger partial charge < -0.3 is 14.8 Å². The van der Waals surface area contributed by atoms with Gasteiger partial charge in [-0.2, -0.15) is 5.10 Å². The van der Waals surface area contributed by atoms with Crippen molar-refractivity contribution in [2.24, 2.45) is 0 Å². The average molecular weight is 333 g/mol. The lowest BCUT2D eigenvalue weighted by molar-refractivity contribution is -0.111. The van der Waals surface area contributed by atoms with Crippen molar-refractivity contribution >= 4 is 17.7 Å². The van der Waals surface area contributed by atoms with Crippen molar-refractivity contribution in [3.63, 3.8) is 0 Å². The number of carbonyl (C=O) groups is 1. The smallest absolute Gasteiger partial charge is 0.248 e. The number of amides is 1. The van der Waals surface area contributed by atoms with E-state index < -0.39 is 0 Å². The number of fused-ring (bicyclic) bond motifs is 1. The van der Waals surface area contributed by atoms with Crippen LogP contribution in [0.5, 0.6) is 11.5 Å². The van der Waals surface area contributed by atoms with E-state index in [0.717, 1.165) is 22.6 Å². The molecule has 0 unspecified atom stereocenters. The summed E-state index contributed by atoms with van der Waals surface area (Å²) in [5.41, 5.74) is 3.43. The molecule has 2 N–H and O–H groups in total. The maximum absolute atomic E-state index is 12.1. The van der Waals surface area contributed by atoms with Crippen LogP contribution in [0.15, 0.2) is 60.8 Å². The number of aromatic nitrogens is 2. The third kappa shape index (κ3) is 3.37. The van der Waals surface area contributed by atoms with Crippen LogP contribution < -0.4 is 14.8 Å². The average Bonchev–Trinajstić information content (AvgIpc) is 3.31. The van der Waals surface area contributed by atoms with Crippen molar-refractivity contribution in [3.8, 4) is 22.8 Å². The molecule has 2 aromatic carbocycles. The van der Waals surface area contributed by atoms with Crippen LogP contribution in [0.3, 0.4) is 0 Å². The number of rotatable bonds is 4. The fourth-order valence-electron chi connectivity index (χ4n) is 2.55. The van der Waals surface area contributed by atoms with Crippen LogP contribution in [-0.2, 0) is 4.79 Å². The lowest BCUT2D eigenvalue weighted by Gasteiger charge is -2.04. The summed E-state index contributed by atoms with van der Waals surface area (Å²) >= 11 is 0. The van der Waals surface area contributed by atoms with E-state index in [1.54, 1.807) is 12.3 Å². The molecule has 25 heavy (non-hydrogen) atoms. The number of H-pyrrole nitrogens is 1. The predicted molar refractivity (Wildman–Crippen MR) is 94.3 cm³/mol. The Kier molecular flexibility index (Phi) is 3.92. The second-order valence-corrected chi connectivity index (χ2v) is 5.49. The molecule has 0 atom stereocenters.